The van der Waals surface area contributed by atoms with Crippen LogP contribution in [0.25, 0.3) is 10.9 Å². The fraction of sp³-hybridized carbons (Fsp3) is 0.250. The number of thioether (sulfide) groups is 1. The highest BCUT2D eigenvalue weighted by molar-refractivity contribution is 7.99. The highest BCUT2D eigenvalue weighted by atomic mass is 35.5. The van der Waals surface area contributed by atoms with Crippen molar-refractivity contribution in [1.82, 2.24) is 9.97 Å². The minimum atomic E-state index is -4.77. The standard InChI is InChI=1S/C16H12ClF3N2O3S2/c17-11-10(16(18,19)20)3-9-12(21-15(25)22-14(9)24)13(11)27-6-8(4-23)7-1-2-26-5-7/h1-3,5,8,23H,4,6H2,(H2,21,22,24,25). The molecule has 2 aromatic heterocycles. The number of aliphatic hydroxyl groups excluding tert-OH is 1. The zero-order valence-corrected chi connectivity index (χ0v) is 15.8. The van der Waals surface area contributed by atoms with Gasteiger partial charge in [0.25, 0.3) is 5.56 Å². The predicted molar refractivity (Wildman–Crippen MR) is 100 cm³/mol. The van der Waals surface area contributed by atoms with Crippen LogP contribution in [0.2, 0.25) is 5.02 Å². The maximum atomic E-state index is 13.3. The van der Waals surface area contributed by atoms with Crippen molar-refractivity contribution in [3.05, 3.63) is 59.9 Å². The van der Waals surface area contributed by atoms with Crippen LogP contribution in [0, 0.1) is 0 Å². The van der Waals surface area contributed by atoms with Crippen molar-refractivity contribution in [1.29, 1.82) is 0 Å². The number of aromatic amines is 2. The zero-order valence-electron chi connectivity index (χ0n) is 13.4. The summed E-state index contributed by atoms with van der Waals surface area (Å²) < 4.78 is 40.0. The van der Waals surface area contributed by atoms with Gasteiger partial charge in [0.2, 0.25) is 0 Å². The summed E-state index contributed by atoms with van der Waals surface area (Å²) in [5, 5.41) is 12.3. The van der Waals surface area contributed by atoms with Gasteiger partial charge in [-0.2, -0.15) is 24.5 Å². The molecule has 1 aromatic carbocycles. The summed E-state index contributed by atoms with van der Waals surface area (Å²) in [7, 11) is 0. The van der Waals surface area contributed by atoms with E-state index in [1.807, 2.05) is 21.8 Å². The van der Waals surface area contributed by atoms with E-state index in [0.717, 1.165) is 17.3 Å². The largest absolute Gasteiger partial charge is 0.417 e. The van der Waals surface area contributed by atoms with Crippen LogP contribution in [0.15, 0.2) is 37.4 Å². The number of aromatic nitrogens is 2. The Balaban J connectivity index is 2.13. The Morgan fingerprint density at radius 2 is 2.04 bits per heavy atom. The lowest BCUT2D eigenvalue weighted by Crippen LogP contribution is -2.23. The second kappa shape index (κ2) is 7.70. The molecule has 0 saturated heterocycles. The number of halogens is 4. The summed E-state index contributed by atoms with van der Waals surface area (Å²) in [5.74, 6) is -0.131. The van der Waals surface area contributed by atoms with E-state index in [1.165, 1.54) is 11.3 Å². The number of hydrogen-bond donors (Lipinski definition) is 3. The topological polar surface area (TPSA) is 85.9 Å². The summed E-state index contributed by atoms with van der Waals surface area (Å²) in [4.78, 5) is 27.8. The van der Waals surface area contributed by atoms with Crippen molar-refractivity contribution in [2.75, 3.05) is 12.4 Å². The molecule has 27 heavy (non-hydrogen) atoms. The molecule has 0 bridgehead atoms. The number of thiophene rings is 1. The molecule has 3 N–H and O–H groups in total. The van der Waals surface area contributed by atoms with Crippen LogP contribution in [-0.2, 0) is 6.18 Å². The number of H-pyrrole nitrogens is 2. The molecular weight excluding hydrogens is 425 g/mol. The molecule has 0 aliphatic carbocycles. The average Bonchev–Trinajstić information content (AvgIpc) is 3.10. The molecule has 2 heterocycles. The van der Waals surface area contributed by atoms with Crippen molar-refractivity contribution in [3.8, 4) is 0 Å². The Morgan fingerprint density at radius 1 is 1.30 bits per heavy atom. The van der Waals surface area contributed by atoms with E-state index in [2.05, 4.69) is 4.98 Å². The van der Waals surface area contributed by atoms with Crippen LogP contribution in [0.5, 0.6) is 0 Å². The molecule has 0 amide bonds. The Labute approximate surface area is 163 Å². The molecule has 0 fully saturated rings. The van der Waals surface area contributed by atoms with E-state index in [1.54, 1.807) is 0 Å². The lowest BCUT2D eigenvalue weighted by Gasteiger charge is -2.17. The maximum Gasteiger partial charge on any atom is 0.417 e. The van der Waals surface area contributed by atoms with E-state index in [4.69, 9.17) is 11.6 Å². The molecule has 5 nitrogen and oxygen atoms in total. The number of hydrogen-bond acceptors (Lipinski definition) is 5. The molecule has 0 spiro atoms. The number of aliphatic hydroxyl groups is 1. The van der Waals surface area contributed by atoms with Crippen molar-refractivity contribution in [3.63, 3.8) is 0 Å². The molecule has 1 unspecified atom stereocenters. The molecule has 1 atom stereocenters. The summed E-state index contributed by atoms with van der Waals surface area (Å²) in [5.41, 5.74) is -2.16. The van der Waals surface area contributed by atoms with Crippen LogP contribution in [0.3, 0.4) is 0 Å². The van der Waals surface area contributed by atoms with Gasteiger partial charge in [-0.05, 0) is 28.5 Å². The van der Waals surface area contributed by atoms with Gasteiger partial charge in [0.15, 0.2) is 0 Å². The molecule has 0 saturated carbocycles. The fourth-order valence-corrected chi connectivity index (χ4v) is 4.91. The van der Waals surface area contributed by atoms with Gasteiger partial charge in [-0.1, -0.05) is 11.6 Å². The van der Waals surface area contributed by atoms with Gasteiger partial charge in [0.05, 0.1) is 33.0 Å². The van der Waals surface area contributed by atoms with Gasteiger partial charge in [-0.25, -0.2) is 4.79 Å². The minimum absolute atomic E-state index is 0.0571. The first-order chi connectivity index (χ1) is 12.7. The van der Waals surface area contributed by atoms with Crippen molar-refractivity contribution >= 4 is 45.6 Å². The smallest absolute Gasteiger partial charge is 0.396 e. The van der Waals surface area contributed by atoms with Gasteiger partial charge in [-0.15, -0.1) is 11.8 Å². The van der Waals surface area contributed by atoms with E-state index >= 15 is 0 Å². The Morgan fingerprint density at radius 3 is 2.63 bits per heavy atom. The van der Waals surface area contributed by atoms with Crippen LogP contribution in [0.1, 0.15) is 17.0 Å². The predicted octanol–water partition coefficient (Wildman–Crippen LogP) is 3.82. The van der Waals surface area contributed by atoms with E-state index in [9.17, 15) is 27.9 Å². The van der Waals surface area contributed by atoms with E-state index < -0.39 is 28.0 Å². The number of alkyl halides is 3. The first kappa shape index (κ1) is 20.0. The average molecular weight is 437 g/mol. The molecule has 3 rings (SSSR count). The van der Waals surface area contributed by atoms with Gasteiger partial charge in [0, 0.05) is 11.7 Å². The third-order valence-electron chi connectivity index (χ3n) is 3.90. The third-order valence-corrected chi connectivity index (χ3v) is 6.37. The first-order valence-corrected chi connectivity index (χ1v) is 9.84. The molecule has 144 valence electrons. The molecule has 0 aliphatic heterocycles. The lowest BCUT2D eigenvalue weighted by molar-refractivity contribution is -0.137. The van der Waals surface area contributed by atoms with Gasteiger partial charge < -0.3 is 10.1 Å². The van der Waals surface area contributed by atoms with E-state index in [0.29, 0.717) is 6.07 Å². The SMILES string of the molecule is O=c1[nH]c(=O)c2cc(C(F)(F)F)c(Cl)c(SCC(CO)c3ccsc3)c2[nH]1. The molecule has 3 aromatic rings. The second-order valence-corrected chi connectivity index (χ2v) is 7.83. The zero-order chi connectivity index (χ0) is 19.8. The summed E-state index contributed by atoms with van der Waals surface area (Å²) in [6, 6.07) is 2.43. The Hall–Kier alpha value is -1.75. The minimum Gasteiger partial charge on any atom is -0.396 e. The third kappa shape index (κ3) is 4.08. The summed E-state index contributed by atoms with van der Waals surface area (Å²) in [6.45, 7) is -0.213. The highest BCUT2D eigenvalue weighted by Gasteiger charge is 2.35. The monoisotopic (exact) mass is 436 g/mol. The normalized spacial score (nSPS) is 13.2. The molecular formula is C16H12ClF3N2O3S2. The molecule has 0 radical (unpaired) electrons. The number of rotatable bonds is 5. The Bertz CT molecular complexity index is 1080. The van der Waals surface area contributed by atoms with E-state index in [-0.39, 0.29) is 34.1 Å². The number of nitrogens with one attached hydrogen (secondary N) is 2. The van der Waals surface area contributed by atoms with Crippen LogP contribution in [-0.4, -0.2) is 27.4 Å². The Kier molecular flexibility index (Phi) is 5.71. The van der Waals surface area contributed by atoms with Gasteiger partial charge in [-0.3, -0.25) is 9.78 Å². The van der Waals surface area contributed by atoms with Gasteiger partial charge >= 0.3 is 11.9 Å². The van der Waals surface area contributed by atoms with Crippen LogP contribution in [0.4, 0.5) is 13.2 Å². The fourth-order valence-electron chi connectivity index (χ4n) is 2.54. The van der Waals surface area contributed by atoms with Gasteiger partial charge in [0.1, 0.15) is 0 Å². The summed E-state index contributed by atoms with van der Waals surface area (Å²) in [6.07, 6.45) is -4.77. The summed E-state index contributed by atoms with van der Waals surface area (Å²) >= 11 is 8.37. The second-order valence-electron chi connectivity index (χ2n) is 5.64. The van der Waals surface area contributed by atoms with Crippen LogP contribution < -0.4 is 11.2 Å². The van der Waals surface area contributed by atoms with Crippen molar-refractivity contribution in [2.45, 2.75) is 17.0 Å². The molecule has 0 aliphatic rings. The quantitative estimate of drug-likeness (QED) is 0.531. The highest BCUT2D eigenvalue weighted by Crippen LogP contribution is 2.43. The van der Waals surface area contributed by atoms with Crippen molar-refractivity contribution < 1.29 is 18.3 Å². The molecule has 11 heteroatoms. The van der Waals surface area contributed by atoms with Crippen molar-refractivity contribution in [2.24, 2.45) is 0 Å². The van der Waals surface area contributed by atoms with Crippen LogP contribution >= 0.6 is 34.7 Å². The number of fused-ring (bicyclic) bond motifs is 1. The maximum absolute atomic E-state index is 13.3. The first-order valence-electron chi connectivity index (χ1n) is 7.54. The number of benzene rings is 1. The lowest BCUT2D eigenvalue weighted by atomic mass is 10.1.